The van der Waals surface area contributed by atoms with Crippen LogP contribution in [0.3, 0.4) is 0 Å². The molecule has 15 heteroatoms. The number of alkyl halides is 6. The lowest BCUT2D eigenvalue weighted by molar-refractivity contribution is -0.138. The lowest BCUT2D eigenvalue weighted by Crippen LogP contribution is -2.07. The van der Waals surface area contributed by atoms with Gasteiger partial charge in [-0.05, 0) is 36.4 Å². The molecule has 0 bridgehead atoms. The van der Waals surface area contributed by atoms with Crippen LogP contribution >= 0.6 is 23.2 Å². The number of hydrogen-bond acceptors (Lipinski definition) is 6. The predicted octanol–water partition coefficient (Wildman–Crippen LogP) is 8.24. The van der Waals surface area contributed by atoms with E-state index in [-0.39, 0.29) is 16.4 Å². The van der Waals surface area contributed by atoms with Crippen LogP contribution in [0.15, 0.2) is 82.8 Å². The number of sulfone groups is 1. The third-order valence-corrected chi connectivity index (χ3v) is 7.28. The molecule has 0 saturated carbocycles. The average Bonchev–Trinajstić information content (AvgIpc) is 2.86. The minimum atomic E-state index is -4.73. The summed E-state index contributed by atoms with van der Waals surface area (Å²) in [6.07, 6.45) is -8.50. The number of rotatable bonds is 6. The van der Waals surface area contributed by atoms with Crippen molar-refractivity contribution < 1.29 is 44.2 Å². The quantitative estimate of drug-likeness (QED) is 0.205. The van der Waals surface area contributed by atoms with Crippen molar-refractivity contribution in [1.29, 1.82) is 0 Å². The fraction of sp³-hybridized carbons (Fsp3) is 0.0833. The molecule has 0 fully saturated rings. The molecule has 0 unspecified atom stereocenters. The third-order valence-electron chi connectivity index (χ3n) is 4.95. The van der Waals surface area contributed by atoms with Crippen molar-refractivity contribution in [2.24, 2.45) is 0 Å². The Morgan fingerprint density at radius 2 is 1.21 bits per heavy atom. The number of aromatic nitrogens is 2. The van der Waals surface area contributed by atoms with Crippen LogP contribution in [0.25, 0.3) is 0 Å². The maximum absolute atomic E-state index is 13.4. The molecule has 204 valence electrons. The van der Waals surface area contributed by atoms with E-state index in [2.05, 4.69) is 9.97 Å². The van der Waals surface area contributed by atoms with Gasteiger partial charge < -0.3 is 9.47 Å². The summed E-state index contributed by atoms with van der Waals surface area (Å²) in [5, 5.41) is -1.05. The molecule has 0 aliphatic heterocycles. The zero-order valence-corrected chi connectivity index (χ0v) is 21.2. The van der Waals surface area contributed by atoms with E-state index >= 15 is 0 Å². The molecule has 0 atom stereocenters. The fourth-order valence-electron chi connectivity index (χ4n) is 3.10. The molecule has 2 aromatic heterocycles. The zero-order valence-electron chi connectivity index (χ0n) is 18.9. The number of halogens is 8. The van der Waals surface area contributed by atoms with Crippen LogP contribution in [-0.2, 0) is 22.2 Å². The lowest BCUT2D eigenvalue weighted by Gasteiger charge is -2.15. The average molecular weight is 609 g/mol. The first-order valence-electron chi connectivity index (χ1n) is 10.4. The molecule has 39 heavy (non-hydrogen) atoms. The molecule has 2 heterocycles. The van der Waals surface area contributed by atoms with Crippen LogP contribution < -0.4 is 9.47 Å². The smallest absolute Gasteiger partial charge is 0.417 e. The maximum atomic E-state index is 13.4. The largest absolute Gasteiger partial charge is 0.437 e. The molecule has 0 spiro atoms. The van der Waals surface area contributed by atoms with E-state index in [1.54, 1.807) is 6.07 Å². The van der Waals surface area contributed by atoms with Crippen LogP contribution in [0.5, 0.6) is 23.3 Å². The van der Waals surface area contributed by atoms with Crippen molar-refractivity contribution >= 4 is 33.0 Å². The topological polar surface area (TPSA) is 78.4 Å². The van der Waals surface area contributed by atoms with Crippen molar-refractivity contribution in [3.63, 3.8) is 0 Å². The Labute approximate surface area is 226 Å². The van der Waals surface area contributed by atoms with Gasteiger partial charge in [-0.15, -0.1) is 0 Å². The van der Waals surface area contributed by atoms with Crippen molar-refractivity contribution in [3.05, 3.63) is 94.2 Å². The standard InChI is InChI=1S/C24H12Cl2F6N2O4S/c25-17-8-13(23(27,28)29)11-33-21(17)37-15-6-7-19(20(10-15)39(35,36)16-4-2-1-3-5-16)38-22-18(26)9-14(12-34-22)24(30,31)32/h1-12H. The van der Waals surface area contributed by atoms with Gasteiger partial charge in [0.15, 0.2) is 0 Å². The van der Waals surface area contributed by atoms with E-state index < -0.39 is 60.0 Å². The first-order valence-corrected chi connectivity index (χ1v) is 12.7. The number of ether oxygens (including phenoxy) is 2. The normalized spacial score (nSPS) is 12.3. The Hall–Kier alpha value is -3.55. The summed E-state index contributed by atoms with van der Waals surface area (Å²) in [6, 6.07) is 11.4. The molecule has 6 nitrogen and oxygen atoms in total. The zero-order chi connectivity index (χ0) is 28.6. The number of nitrogens with zero attached hydrogens (tertiary/aromatic N) is 2. The molecular formula is C24H12Cl2F6N2O4S. The van der Waals surface area contributed by atoms with E-state index in [1.165, 1.54) is 30.3 Å². The molecule has 2 aromatic carbocycles. The summed E-state index contributed by atoms with van der Waals surface area (Å²) in [7, 11) is -4.34. The van der Waals surface area contributed by atoms with Gasteiger partial charge in [-0.2, -0.15) is 26.3 Å². The van der Waals surface area contributed by atoms with E-state index in [9.17, 15) is 34.8 Å². The fourth-order valence-corrected chi connectivity index (χ4v) is 4.92. The van der Waals surface area contributed by atoms with Crippen LogP contribution in [0.4, 0.5) is 26.3 Å². The summed E-state index contributed by atoms with van der Waals surface area (Å²) in [4.78, 5) is 6.39. The van der Waals surface area contributed by atoms with Crippen LogP contribution in [0.2, 0.25) is 10.0 Å². The van der Waals surface area contributed by atoms with Crippen molar-refractivity contribution in [3.8, 4) is 23.3 Å². The second-order valence-electron chi connectivity index (χ2n) is 7.65. The summed E-state index contributed by atoms with van der Waals surface area (Å²) < 4.78 is 115. The Morgan fingerprint density at radius 3 is 1.69 bits per heavy atom. The molecule has 0 N–H and O–H groups in total. The molecule has 0 aliphatic carbocycles. The number of hydrogen-bond donors (Lipinski definition) is 0. The Bertz CT molecular complexity index is 1630. The van der Waals surface area contributed by atoms with E-state index in [1.807, 2.05) is 0 Å². The van der Waals surface area contributed by atoms with Crippen LogP contribution in [-0.4, -0.2) is 18.4 Å². The van der Waals surface area contributed by atoms with E-state index in [0.717, 1.165) is 12.1 Å². The van der Waals surface area contributed by atoms with Gasteiger partial charge in [-0.3, -0.25) is 0 Å². The van der Waals surface area contributed by atoms with Gasteiger partial charge in [0.25, 0.3) is 0 Å². The van der Waals surface area contributed by atoms with E-state index in [4.69, 9.17) is 32.7 Å². The summed E-state index contributed by atoms with van der Waals surface area (Å²) in [5.74, 6) is -1.56. The highest BCUT2D eigenvalue weighted by Crippen LogP contribution is 2.40. The van der Waals surface area contributed by atoms with Gasteiger partial charge in [0, 0.05) is 18.5 Å². The molecule has 4 rings (SSSR count). The highest BCUT2D eigenvalue weighted by molar-refractivity contribution is 7.91. The van der Waals surface area contributed by atoms with E-state index in [0.29, 0.717) is 24.5 Å². The van der Waals surface area contributed by atoms with Gasteiger partial charge >= 0.3 is 12.4 Å². The summed E-state index contributed by atoms with van der Waals surface area (Å²) >= 11 is 11.8. The molecule has 0 aliphatic rings. The summed E-state index contributed by atoms with van der Waals surface area (Å²) in [6.45, 7) is 0. The van der Waals surface area contributed by atoms with Crippen molar-refractivity contribution in [2.75, 3.05) is 0 Å². The van der Waals surface area contributed by atoms with Crippen molar-refractivity contribution in [2.45, 2.75) is 22.1 Å². The third kappa shape index (κ3) is 6.37. The first kappa shape index (κ1) is 28.5. The molecule has 0 radical (unpaired) electrons. The monoisotopic (exact) mass is 608 g/mol. The second kappa shape index (κ2) is 10.5. The Morgan fingerprint density at radius 1 is 0.692 bits per heavy atom. The Balaban J connectivity index is 1.77. The van der Waals surface area contributed by atoms with Gasteiger partial charge in [0.05, 0.1) is 16.0 Å². The predicted molar refractivity (Wildman–Crippen MR) is 127 cm³/mol. The molecular weight excluding hydrogens is 597 g/mol. The highest BCUT2D eigenvalue weighted by Gasteiger charge is 2.33. The van der Waals surface area contributed by atoms with Crippen molar-refractivity contribution in [1.82, 2.24) is 9.97 Å². The lowest BCUT2D eigenvalue weighted by atomic mass is 10.3. The maximum Gasteiger partial charge on any atom is 0.417 e. The minimum Gasteiger partial charge on any atom is -0.437 e. The second-order valence-corrected chi connectivity index (χ2v) is 10.4. The molecule has 0 amide bonds. The van der Waals surface area contributed by atoms with Crippen LogP contribution in [0.1, 0.15) is 11.1 Å². The van der Waals surface area contributed by atoms with Crippen LogP contribution in [0, 0.1) is 0 Å². The van der Waals surface area contributed by atoms with Gasteiger partial charge in [-0.25, -0.2) is 18.4 Å². The Kier molecular flexibility index (Phi) is 7.70. The van der Waals surface area contributed by atoms with Gasteiger partial charge in [0.1, 0.15) is 26.4 Å². The number of pyridine rings is 2. The number of benzene rings is 2. The van der Waals surface area contributed by atoms with Gasteiger partial charge in [0.2, 0.25) is 21.6 Å². The summed E-state index contributed by atoms with van der Waals surface area (Å²) in [5.41, 5.74) is -2.28. The molecule has 4 aromatic rings. The first-order chi connectivity index (χ1) is 18.2. The highest BCUT2D eigenvalue weighted by atomic mass is 35.5. The minimum absolute atomic E-state index is 0.177. The molecule has 0 saturated heterocycles. The van der Waals surface area contributed by atoms with Gasteiger partial charge in [-0.1, -0.05) is 41.4 Å². The SMILES string of the molecule is O=S(=O)(c1ccccc1)c1cc(Oc2ncc(C(F)(F)F)cc2Cl)ccc1Oc1ncc(C(F)(F)F)cc1Cl.